The van der Waals surface area contributed by atoms with Crippen LogP contribution in [0.5, 0.6) is 0 Å². The standard InChI is InChI=1S/C18H21N3O2/c1-20-9-8-16-15(11-20)17(12-6-7-12)19-21(16)14-5-3-4-13(10-14)18(22)23-2/h3-5,10,12H,6-9,11H2,1-2H3. The van der Waals surface area contributed by atoms with Gasteiger partial charge < -0.3 is 9.64 Å². The van der Waals surface area contributed by atoms with Crippen LogP contribution >= 0.6 is 0 Å². The van der Waals surface area contributed by atoms with Gasteiger partial charge >= 0.3 is 5.97 Å². The summed E-state index contributed by atoms with van der Waals surface area (Å²) in [6, 6.07) is 7.55. The zero-order valence-corrected chi connectivity index (χ0v) is 13.6. The van der Waals surface area contributed by atoms with Crippen LogP contribution in [0.25, 0.3) is 5.69 Å². The summed E-state index contributed by atoms with van der Waals surface area (Å²) in [6.07, 6.45) is 3.48. The monoisotopic (exact) mass is 311 g/mol. The molecule has 1 saturated carbocycles. The second kappa shape index (κ2) is 5.49. The first-order valence-electron chi connectivity index (χ1n) is 8.15. The molecule has 23 heavy (non-hydrogen) atoms. The summed E-state index contributed by atoms with van der Waals surface area (Å²) in [6.45, 7) is 2.01. The fraction of sp³-hybridized carbons (Fsp3) is 0.444. The molecule has 1 aromatic carbocycles. The topological polar surface area (TPSA) is 47.4 Å². The van der Waals surface area contributed by atoms with Crippen molar-refractivity contribution >= 4 is 5.97 Å². The van der Waals surface area contributed by atoms with Gasteiger partial charge in [-0.2, -0.15) is 5.10 Å². The molecule has 4 rings (SSSR count). The molecule has 0 radical (unpaired) electrons. The van der Waals surface area contributed by atoms with Crippen molar-refractivity contribution in [3.63, 3.8) is 0 Å². The summed E-state index contributed by atoms with van der Waals surface area (Å²) in [4.78, 5) is 14.1. The van der Waals surface area contributed by atoms with Crippen molar-refractivity contribution in [3.8, 4) is 5.69 Å². The normalized spacial score (nSPS) is 17.8. The van der Waals surface area contributed by atoms with E-state index in [1.807, 2.05) is 22.9 Å². The summed E-state index contributed by atoms with van der Waals surface area (Å²) in [5.41, 5.74) is 5.46. The Morgan fingerprint density at radius 1 is 1.35 bits per heavy atom. The first-order valence-corrected chi connectivity index (χ1v) is 8.15. The van der Waals surface area contributed by atoms with Gasteiger partial charge in [0.25, 0.3) is 0 Å². The zero-order chi connectivity index (χ0) is 16.0. The zero-order valence-electron chi connectivity index (χ0n) is 13.6. The average molecular weight is 311 g/mol. The number of carbonyl (C=O) groups is 1. The Morgan fingerprint density at radius 3 is 2.91 bits per heavy atom. The molecule has 5 nitrogen and oxygen atoms in total. The lowest BCUT2D eigenvalue weighted by atomic mass is 10.0. The van der Waals surface area contributed by atoms with Gasteiger partial charge in [0.2, 0.25) is 0 Å². The maximum atomic E-state index is 11.8. The predicted octanol–water partition coefficient (Wildman–Crippen LogP) is 2.52. The fourth-order valence-corrected chi connectivity index (χ4v) is 3.36. The molecule has 0 spiro atoms. The third kappa shape index (κ3) is 2.55. The Balaban J connectivity index is 1.80. The molecule has 0 saturated heterocycles. The summed E-state index contributed by atoms with van der Waals surface area (Å²) < 4.78 is 6.88. The number of hydrogen-bond donors (Lipinski definition) is 0. The number of ether oxygens (including phenoxy) is 1. The second-order valence-electron chi connectivity index (χ2n) is 6.53. The summed E-state index contributed by atoms with van der Waals surface area (Å²) in [5.74, 6) is 0.315. The number of methoxy groups -OCH3 is 1. The van der Waals surface area contributed by atoms with E-state index in [0.717, 1.165) is 25.2 Å². The van der Waals surface area contributed by atoms with Crippen LogP contribution in [0.15, 0.2) is 24.3 Å². The van der Waals surface area contributed by atoms with Crippen LogP contribution in [-0.4, -0.2) is 41.4 Å². The van der Waals surface area contributed by atoms with Gasteiger partial charge in [-0.05, 0) is 38.1 Å². The van der Waals surface area contributed by atoms with Gasteiger partial charge in [-0.1, -0.05) is 6.07 Å². The molecule has 120 valence electrons. The van der Waals surface area contributed by atoms with Gasteiger partial charge in [0.05, 0.1) is 29.7 Å². The third-order valence-corrected chi connectivity index (χ3v) is 4.76. The smallest absolute Gasteiger partial charge is 0.337 e. The maximum Gasteiger partial charge on any atom is 0.337 e. The van der Waals surface area contributed by atoms with E-state index in [4.69, 9.17) is 9.84 Å². The van der Waals surface area contributed by atoms with Crippen molar-refractivity contribution in [2.45, 2.75) is 31.7 Å². The van der Waals surface area contributed by atoms with E-state index in [1.165, 1.54) is 36.9 Å². The van der Waals surface area contributed by atoms with E-state index in [0.29, 0.717) is 11.5 Å². The summed E-state index contributed by atoms with van der Waals surface area (Å²) in [5, 5.41) is 4.92. The highest BCUT2D eigenvalue weighted by Crippen LogP contribution is 2.43. The van der Waals surface area contributed by atoms with Gasteiger partial charge in [0, 0.05) is 31.0 Å². The van der Waals surface area contributed by atoms with Gasteiger partial charge in [0.15, 0.2) is 0 Å². The van der Waals surface area contributed by atoms with Crippen molar-refractivity contribution in [1.82, 2.24) is 14.7 Å². The number of esters is 1. The minimum absolute atomic E-state index is 0.310. The summed E-state index contributed by atoms with van der Waals surface area (Å²) in [7, 11) is 3.57. The molecule has 2 heterocycles. The highest BCUT2D eigenvalue weighted by molar-refractivity contribution is 5.89. The van der Waals surface area contributed by atoms with Crippen molar-refractivity contribution < 1.29 is 9.53 Å². The average Bonchev–Trinajstić information content (AvgIpc) is 3.35. The number of nitrogens with zero attached hydrogens (tertiary/aromatic N) is 3. The van der Waals surface area contributed by atoms with Crippen molar-refractivity contribution in [1.29, 1.82) is 0 Å². The van der Waals surface area contributed by atoms with Crippen LogP contribution in [0.3, 0.4) is 0 Å². The lowest BCUT2D eigenvalue weighted by molar-refractivity contribution is 0.0600. The van der Waals surface area contributed by atoms with Gasteiger partial charge in [-0.25, -0.2) is 9.48 Å². The maximum absolute atomic E-state index is 11.8. The van der Waals surface area contributed by atoms with Crippen LogP contribution < -0.4 is 0 Å². The molecule has 0 unspecified atom stereocenters. The largest absolute Gasteiger partial charge is 0.465 e. The van der Waals surface area contributed by atoms with Crippen molar-refractivity contribution in [3.05, 3.63) is 46.8 Å². The minimum atomic E-state index is -0.310. The van der Waals surface area contributed by atoms with E-state index in [9.17, 15) is 4.79 Å². The van der Waals surface area contributed by atoms with E-state index < -0.39 is 0 Å². The second-order valence-corrected chi connectivity index (χ2v) is 6.53. The molecule has 1 aliphatic carbocycles. The Labute approximate surface area is 135 Å². The van der Waals surface area contributed by atoms with Crippen LogP contribution in [0.2, 0.25) is 0 Å². The molecular formula is C18H21N3O2. The first-order chi connectivity index (χ1) is 11.2. The molecule has 0 amide bonds. The van der Waals surface area contributed by atoms with Gasteiger partial charge in [-0.15, -0.1) is 0 Å². The van der Waals surface area contributed by atoms with Gasteiger partial charge in [0.1, 0.15) is 0 Å². The molecule has 0 bridgehead atoms. The quantitative estimate of drug-likeness (QED) is 0.817. The number of aromatic nitrogens is 2. The number of likely N-dealkylation sites (N-methyl/N-ethyl adjacent to an activating group) is 1. The molecule has 5 heteroatoms. The number of benzene rings is 1. The SMILES string of the molecule is COC(=O)c1cccc(-n2nc(C3CC3)c3c2CCN(C)C3)c1. The fourth-order valence-electron chi connectivity index (χ4n) is 3.36. The van der Waals surface area contributed by atoms with Crippen LogP contribution in [0.4, 0.5) is 0 Å². The number of fused-ring (bicyclic) bond motifs is 1. The molecule has 2 aromatic rings. The molecular weight excluding hydrogens is 290 g/mol. The van der Waals surface area contributed by atoms with Crippen molar-refractivity contribution in [2.24, 2.45) is 0 Å². The van der Waals surface area contributed by atoms with Crippen molar-refractivity contribution in [2.75, 3.05) is 20.7 Å². The van der Waals surface area contributed by atoms with Crippen LogP contribution in [0, 0.1) is 0 Å². The predicted molar refractivity (Wildman–Crippen MR) is 86.9 cm³/mol. The van der Waals surface area contributed by atoms with E-state index in [-0.39, 0.29) is 5.97 Å². The molecule has 2 aliphatic rings. The molecule has 0 N–H and O–H groups in total. The minimum Gasteiger partial charge on any atom is -0.465 e. The van der Waals surface area contributed by atoms with E-state index >= 15 is 0 Å². The molecule has 1 aliphatic heterocycles. The lowest BCUT2D eigenvalue weighted by Gasteiger charge is -2.23. The Morgan fingerprint density at radius 2 is 2.17 bits per heavy atom. The Bertz CT molecular complexity index is 762. The first kappa shape index (κ1) is 14.5. The highest BCUT2D eigenvalue weighted by atomic mass is 16.5. The lowest BCUT2D eigenvalue weighted by Crippen LogP contribution is -2.27. The highest BCUT2D eigenvalue weighted by Gasteiger charge is 2.33. The number of hydrogen-bond acceptors (Lipinski definition) is 4. The summed E-state index contributed by atoms with van der Waals surface area (Å²) >= 11 is 0. The Hall–Kier alpha value is -2.14. The molecule has 0 atom stereocenters. The molecule has 1 fully saturated rings. The Kier molecular flexibility index (Phi) is 3.45. The van der Waals surface area contributed by atoms with Gasteiger partial charge in [-0.3, -0.25) is 0 Å². The molecule has 1 aromatic heterocycles. The van der Waals surface area contributed by atoms with E-state index in [1.54, 1.807) is 6.07 Å². The third-order valence-electron chi connectivity index (χ3n) is 4.76. The van der Waals surface area contributed by atoms with Crippen LogP contribution in [-0.2, 0) is 17.7 Å². The van der Waals surface area contributed by atoms with Crippen LogP contribution in [0.1, 0.15) is 46.1 Å². The number of carbonyl (C=O) groups excluding carboxylic acids is 1. The van der Waals surface area contributed by atoms with E-state index in [2.05, 4.69) is 11.9 Å². The number of rotatable bonds is 3.